The van der Waals surface area contributed by atoms with Crippen molar-refractivity contribution in [1.82, 2.24) is 0 Å². The summed E-state index contributed by atoms with van der Waals surface area (Å²) in [6.07, 6.45) is 0. The zero-order valence-electron chi connectivity index (χ0n) is 12.4. The van der Waals surface area contributed by atoms with Crippen molar-refractivity contribution in [1.29, 1.82) is 0 Å². The molecule has 0 spiro atoms. The second-order valence-corrected chi connectivity index (χ2v) is 5.01. The van der Waals surface area contributed by atoms with Crippen LogP contribution in [0.1, 0.15) is 15.9 Å². The Balaban J connectivity index is 1.97. The first-order valence-electron chi connectivity index (χ1n) is 7.24. The number of benzene rings is 3. The highest BCUT2D eigenvalue weighted by Crippen LogP contribution is 2.22. The molecule has 2 heteroatoms. The topological polar surface area (TPSA) is 37.3 Å². The van der Waals surface area contributed by atoms with Crippen LogP contribution in [0, 0.1) is 11.8 Å². The van der Waals surface area contributed by atoms with Crippen molar-refractivity contribution in [3.8, 4) is 28.7 Å². The molecule has 2 nitrogen and oxygen atoms in total. The Morgan fingerprint density at radius 2 is 1.43 bits per heavy atom. The Hall–Kier alpha value is -3.31. The molecule has 0 aliphatic rings. The quantitative estimate of drug-likeness (QED) is 0.566. The molecule has 0 fully saturated rings. The maximum absolute atomic E-state index is 12.2. The number of hydrogen-bond donors (Lipinski definition) is 1. The van der Waals surface area contributed by atoms with Gasteiger partial charge in [0.1, 0.15) is 5.75 Å². The van der Waals surface area contributed by atoms with E-state index < -0.39 is 5.78 Å². The van der Waals surface area contributed by atoms with Gasteiger partial charge in [-0.25, -0.2) is 0 Å². The molecule has 0 aliphatic carbocycles. The molecule has 3 rings (SSSR count). The van der Waals surface area contributed by atoms with E-state index in [0.717, 1.165) is 16.7 Å². The summed E-state index contributed by atoms with van der Waals surface area (Å²) < 4.78 is 0. The first-order chi connectivity index (χ1) is 11.3. The number of carbonyl (C=O) groups excluding carboxylic acids is 1. The van der Waals surface area contributed by atoms with E-state index in [4.69, 9.17) is 0 Å². The summed E-state index contributed by atoms with van der Waals surface area (Å²) in [5.41, 5.74) is 3.03. The van der Waals surface area contributed by atoms with E-state index in [1.807, 2.05) is 54.6 Å². The number of phenolic OH excluding ortho intramolecular Hbond substituents is 1. The molecule has 23 heavy (non-hydrogen) atoms. The predicted molar refractivity (Wildman–Crippen MR) is 91.2 cm³/mol. The molecule has 0 saturated heterocycles. The van der Waals surface area contributed by atoms with Gasteiger partial charge in [-0.3, -0.25) is 4.79 Å². The minimum absolute atomic E-state index is 0.0526. The molecule has 0 unspecified atom stereocenters. The van der Waals surface area contributed by atoms with Crippen LogP contribution in [0.5, 0.6) is 5.75 Å². The third-order valence-corrected chi connectivity index (χ3v) is 3.47. The fraction of sp³-hybridized carbons (Fsp3) is 0. The average Bonchev–Trinajstić information content (AvgIpc) is 2.61. The van der Waals surface area contributed by atoms with Crippen LogP contribution in [0.3, 0.4) is 0 Å². The van der Waals surface area contributed by atoms with Crippen molar-refractivity contribution in [3.05, 3.63) is 90.0 Å². The number of para-hydroxylation sites is 1. The fourth-order valence-electron chi connectivity index (χ4n) is 2.32. The largest absolute Gasteiger partial charge is 0.507 e. The van der Waals surface area contributed by atoms with E-state index in [0.29, 0.717) is 0 Å². The number of ketones is 1. The van der Waals surface area contributed by atoms with Crippen molar-refractivity contribution in [2.45, 2.75) is 0 Å². The lowest BCUT2D eigenvalue weighted by molar-refractivity contribution is 0.105. The Labute approximate surface area is 135 Å². The van der Waals surface area contributed by atoms with Crippen LogP contribution >= 0.6 is 0 Å². The van der Waals surface area contributed by atoms with Gasteiger partial charge in [-0.05, 0) is 35.2 Å². The first-order valence-corrected chi connectivity index (χ1v) is 7.24. The molecule has 0 radical (unpaired) electrons. The summed E-state index contributed by atoms with van der Waals surface area (Å²) in [7, 11) is 0. The van der Waals surface area contributed by atoms with E-state index in [2.05, 4.69) is 11.8 Å². The lowest BCUT2D eigenvalue weighted by atomic mass is 10.00. The predicted octanol–water partition coefficient (Wildman–Crippen LogP) is 4.29. The standard InChI is InChI=1S/C21H14O2/c22-20-13-7-6-12-19(20)21(23)15-14-17-10-4-5-11-18(17)16-8-2-1-3-9-16/h1-13,22H. The highest BCUT2D eigenvalue weighted by atomic mass is 16.3. The van der Waals surface area contributed by atoms with Crippen LogP contribution in [-0.2, 0) is 0 Å². The van der Waals surface area contributed by atoms with Crippen molar-refractivity contribution < 1.29 is 9.90 Å². The maximum Gasteiger partial charge on any atom is 0.239 e. The summed E-state index contributed by atoms with van der Waals surface area (Å²) >= 11 is 0. The molecular formula is C21H14O2. The average molecular weight is 298 g/mol. The Morgan fingerprint density at radius 1 is 0.783 bits per heavy atom. The first kappa shape index (κ1) is 14.6. The van der Waals surface area contributed by atoms with Gasteiger partial charge in [0.25, 0.3) is 0 Å². The summed E-state index contributed by atoms with van der Waals surface area (Å²) in [4.78, 5) is 12.2. The highest BCUT2D eigenvalue weighted by molar-refractivity contribution is 6.11. The molecular weight excluding hydrogens is 284 g/mol. The molecule has 0 amide bonds. The Bertz CT molecular complexity index is 900. The normalized spacial score (nSPS) is 9.74. The van der Waals surface area contributed by atoms with E-state index >= 15 is 0 Å². The summed E-state index contributed by atoms with van der Waals surface area (Å²) in [5, 5.41) is 9.72. The highest BCUT2D eigenvalue weighted by Gasteiger charge is 2.07. The van der Waals surface area contributed by atoms with E-state index in [9.17, 15) is 9.90 Å². The zero-order valence-corrected chi connectivity index (χ0v) is 12.4. The third-order valence-electron chi connectivity index (χ3n) is 3.47. The lowest BCUT2D eigenvalue weighted by Gasteiger charge is -2.04. The van der Waals surface area contributed by atoms with E-state index in [1.165, 1.54) is 6.07 Å². The van der Waals surface area contributed by atoms with Gasteiger partial charge in [0.05, 0.1) is 5.56 Å². The SMILES string of the molecule is O=C(C#Cc1ccccc1-c1ccccc1)c1ccccc1O. The van der Waals surface area contributed by atoms with Crippen molar-refractivity contribution in [2.75, 3.05) is 0 Å². The molecule has 0 aromatic heterocycles. The number of phenols is 1. The van der Waals surface area contributed by atoms with E-state index in [-0.39, 0.29) is 11.3 Å². The smallest absolute Gasteiger partial charge is 0.239 e. The maximum atomic E-state index is 12.2. The summed E-state index contributed by atoms with van der Waals surface area (Å²) in [5.74, 6) is 5.09. The molecule has 110 valence electrons. The van der Waals surface area contributed by atoms with Crippen LogP contribution in [0.4, 0.5) is 0 Å². The van der Waals surface area contributed by atoms with Gasteiger partial charge in [-0.2, -0.15) is 0 Å². The van der Waals surface area contributed by atoms with E-state index in [1.54, 1.807) is 18.2 Å². The molecule has 3 aromatic carbocycles. The number of Topliss-reactive ketones (excluding diaryl/α,β-unsaturated/α-hetero) is 1. The number of hydrogen-bond acceptors (Lipinski definition) is 2. The second-order valence-electron chi connectivity index (χ2n) is 5.01. The van der Waals surface area contributed by atoms with Gasteiger partial charge in [0.2, 0.25) is 5.78 Å². The van der Waals surface area contributed by atoms with Gasteiger partial charge in [-0.15, -0.1) is 0 Å². The Kier molecular flexibility index (Phi) is 4.22. The van der Waals surface area contributed by atoms with Gasteiger partial charge in [0, 0.05) is 5.56 Å². The second kappa shape index (κ2) is 6.64. The molecule has 3 aromatic rings. The number of aromatic hydroxyl groups is 1. The van der Waals surface area contributed by atoms with Crippen molar-refractivity contribution in [2.24, 2.45) is 0 Å². The number of carbonyl (C=O) groups is 1. The summed E-state index contributed by atoms with van der Waals surface area (Å²) in [6.45, 7) is 0. The zero-order chi connectivity index (χ0) is 16.1. The van der Waals surface area contributed by atoms with Crippen LogP contribution in [0.25, 0.3) is 11.1 Å². The molecule has 0 atom stereocenters. The molecule has 0 bridgehead atoms. The van der Waals surface area contributed by atoms with Gasteiger partial charge in [0.15, 0.2) is 0 Å². The number of rotatable bonds is 2. The molecule has 0 aliphatic heterocycles. The molecule has 0 heterocycles. The van der Waals surface area contributed by atoms with Crippen molar-refractivity contribution in [3.63, 3.8) is 0 Å². The van der Waals surface area contributed by atoms with Gasteiger partial charge < -0.3 is 5.11 Å². The minimum atomic E-state index is -0.397. The van der Waals surface area contributed by atoms with Crippen LogP contribution in [-0.4, -0.2) is 10.9 Å². The fourth-order valence-corrected chi connectivity index (χ4v) is 2.32. The minimum Gasteiger partial charge on any atom is -0.507 e. The third kappa shape index (κ3) is 3.30. The van der Waals surface area contributed by atoms with Crippen molar-refractivity contribution >= 4 is 5.78 Å². The Morgan fingerprint density at radius 3 is 2.22 bits per heavy atom. The van der Waals surface area contributed by atoms with Crippen LogP contribution < -0.4 is 0 Å². The van der Waals surface area contributed by atoms with Crippen LogP contribution in [0.2, 0.25) is 0 Å². The van der Waals surface area contributed by atoms with Crippen LogP contribution in [0.15, 0.2) is 78.9 Å². The summed E-state index contributed by atoms with van der Waals surface area (Å²) in [6, 6.07) is 24.0. The monoisotopic (exact) mass is 298 g/mol. The lowest BCUT2D eigenvalue weighted by Crippen LogP contribution is -1.95. The van der Waals surface area contributed by atoms with Gasteiger partial charge in [-0.1, -0.05) is 66.6 Å². The van der Waals surface area contributed by atoms with Gasteiger partial charge >= 0.3 is 0 Å². The molecule has 1 N–H and O–H groups in total. The molecule has 0 saturated carbocycles.